The maximum absolute atomic E-state index is 4.60. The summed E-state index contributed by atoms with van der Waals surface area (Å²) in [4.78, 5) is 0. The normalized spacial score (nSPS) is 13.6. The predicted octanol–water partition coefficient (Wildman–Crippen LogP) is 2.35. The third-order valence-corrected chi connectivity index (χ3v) is 4.86. The van der Waals surface area contributed by atoms with Gasteiger partial charge in [-0.1, -0.05) is 0 Å². The Labute approximate surface area is 82.1 Å². The summed E-state index contributed by atoms with van der Waals surface area (Å²) in [5.74, 6) is 0. The van der Waals surface area contributed by atoms with Gasteiger partial charge in [-0.2, -0.15) is 0 Å². The molecule has 0 rings (SSSR count). The molecule has 65 valence electrons. The van der Waals surface area contributed by atoms with Crippen LogP contribution in [0.5, 0.6) is 0 Å². The Bertz CT molecular complexity index is 139. The molecule has 0 saturated carbocycles. The van der Waals surface area contributed by atoms with E-state index >= 15 is 0 Å². The Morgan fingerprint density at radius 1 is 1.00 bits per heavy atom. The molecule has 11 heavy (non-hydrogen) atoms. The van der Waals surface area contributed by atoms with Gasteiger partial charge in [-0.05, 0) is 0 Å². The molecule has 0 aromatic heterocycles. The molecule has 0 saturated heterocycles. The third kappa shape index (κ3) is 10.6. The zero-order valence-electron chi connectivity index (χ0n) is 8.45. The number of hydrogen-bond acceptors (Lipinski definition) is 1. The van der Waals surface area contributed by atoms with E-state index in [1.807, 2.05) is 0 Å². The van der Waals surface area contributed by atoms with Gasteiger partial charge in [0.15, 0.2) is 0 Å². The number of nitrogens with one attached hydrogen (secondary N) is 1. The van der Waals surface area contributed by atoms with Gasteiger partial charge in [0.1, 0.15) is 0 Å². The summed E-state index contributed by atoms with van der Waals surface area (Å²) in [7, 11) is 0. The molecule has 0 aliphatic heterocycles. The standard InChI is InChI=1S/C4H10N.C4H9N.Zr/c2*1-4(2,3)5;/h5H,1-3H3;1-3H3;/q-1;;+1. The van der Waals surface area contributed by atoms with E-state index in [0.29, 0.717) is 0 Å². The van der Waals surface area contributed by atoms with Gasteiger partial charge in [-0.3, -0.25) is 0 Å². The summed E-state index contributed by atoms with van der Waals surface area (Å²) in [6, 6.07) is 0. The first-order chi connectivity index (χ1) is 4.71. The Hall–Kier alpha value is 0.643. The Kier molecular flexibility index (Phi) is 4.28. The molecule has 3 heteroatoms. The van der Waals surface area contributed by atoms with Crippen LogP contribution in [0, 0.1) is 0 Å². The fraction of sp³-hybridized carbons (Fsp3) is 1.00. The predicted molar refractivity (Wildman–Crippen MR) is 45.1 cm³/mol. The first kappa shape index (κ1) is 11.6. The van der Waals surface area contributed by atoms with Gasteiger partial charge in [0.05, 0.1) is 0 Å². The van der Waals surface area contributed by atoms with Crippen LogP contribution in [0.15, 0.2) is 2.87 Å². The van der Waals surface area contributed by atoms with Crippen molar-refractivity contribution in [2.75, 3.05) is 0 Å². The Balaban J connectivity index is 3.80. The average Bonchev–Trinajstić information content (AvgIpc) is 1.55. The van der Waals surface area contributed by atoms with E-state index in [1.54, 1.807) is 0 Å². The van der Waals surface area contributed by atoms with Crippen molar-refractivity contribution in [1.29, 1.82) is 0 Å². The monoisotopic (exact) mass is 233 g/mol. The van der Waals surface area contributed by atoms with Crippen LogP contribution in [-0.4, -0.2) is 11.1 Å². The van der Waals surface area contributed by atoms with E-state index in [-0.39, 0.29) is 11.1 Å². The molecule has 0 unspecified atom stereocenters. The molecular formula is C8H19N2Zr. The van der Waals surface area contributed by atoms with Gasteiger partial charge in [-0.25, -0.2) is 0 Å². The minimum atomic E-state index is -0.683. The summed E-state index contributed by atoms with van der Waals surface area (Å²) in [6.07, 6.45) is 0. The van der Waals surface area contributed by atoms with Crippen LogP contribution < -0.4 is 3.26 Å². The van der Waals surface area contributed by atoms with Crippen molar-refractivity contribution in [2.24, 2.45) is 2.87 Å². The molecule has 0 heterocycles. The Morgan fingerprint density at radius 3 is 1.73 bits per heavy atom. The minimum absolute atomic E-state index is 0.157. The molecule has 0 aromatic carbocycles. The van der Waals surface area contributed by atoms with E-state index in [4.69, 9.17) is 0 Å². The quantitative estimate of drug-likeness (QED) is 0.740. The van der Waals surface area contributed by atoms with Gasteiger partial charge in [0, 0.05) is 0 Å². The van der Waals surface area contributed by atoms with Crippen LogP contribution in [0.1, 0.15) is 41.5 Å². The van der Waals surface area contributed by atoms with Crippen molar-refractivity contribution in [3.63, 3.8) is 0 Å². The van der Waals surface area contributed by atoms with Crippen molar-refractivity contribution in [3.8, 4) is 0 Å². The van der Waals surface area contributed by atoms with Crippen molar-refractivity contribution in [1.82, 2.24) is 3.26 Å². The number of rotatable bonds is 1. The van der Waals surface area contributed by atoms with Crippen LogP contribution >= 0.6 is 0 Å². The fourth-order valence-electron chi connectivity index (χ4n) is 0.363. The first-order valence-corrected chi connectivity index (χ1v) is 6.28. The second kappa shape index (κ2) is 4.04. The van der Waals surface area contributed by atoms with E-state index in [9.17, 15) is 0 Å². The van der Waals surface area contributed by atoms with Crippen LogP contribution in [0.4, 0.5) is 0 Å². The number of hydrogen-bond donors (Lipinski definition) is 1. The van der Waals surface area contributed by atoms with Gasteiger partial charge in [0.2, 0.25) is 0 Å². The van der Waals surface area contributed by atoms with Crippen LogP contribution in [0.2, 0.25) is 0 Å². The first-order valence-electron chi connectivity index (χ1n) is 3.95. The van der Waals surface area contributed by atoms with E-state index in [1.165, 1.54) is 0 Å². The number of nitrogens with zero attached hydrogens (tertiary/aromatic N) is 1. The van der Waals surface area contributed by atoms with E-state index in [0.717, 1.165) is 0 Å². The van der Waals surface area contributed by atoms with Gasteiger partial charge in [-0.15, -0.1) is 0 Å². The zero-order valence-corrected chi connectivity index (χ0v) is 10.9. The topological polar surface area (TPSA) is 24.4 Å². The summed E-state index contributed by atoms with van der Waals surface area (Å²) in [5.41, 5.74) is 0.408. The second-order valence-electron chi connectivity index (χ2n) is 4.77. The molecule has 0 aromatic rings. The molecule has 2 nitrogen and oxygen atoms in total. The maximum atomic E-state index is 4.60. The van der Waals surface area contributed by atoms with Gasteiger partial charge >= 0.3 is 82.1 Å². The average molecular weight is 234 g/mol. The van der Waals surface area contributed by atoms with Crippen molar-refractivity contribution < 1.29 is 23.4 Å². The van der Waals surface area contributed by atoms with Gasteiger partial charge < -0.3 is 0 Å². The summed E-state index contributed by atoms with van der Waals surface area (Å²) in [6.45, 7) is 13.0. The summed E-state index contributed by atoms with van der Waals surface area (Å²) in [5, 5.41) is 0. The summed E-state index contributed by atoms with van der Waals surface area (Å²) < 4.78 is 8.08. The van der Waals surface area contributed by atoms with Crippen molar-refractivity contribution in [3.05, 3.63) is 0 Å². The van der Waals surface area contributed by atoms with Crippen LogP contribution in [-0.2, 0) is 23.4 Å². The molecule has 0 aliphatic rings. The zero-order chi connectivity index (χ0) is 9.12. The Morgan fingerprint density at radius 2 is 1.45 bits per heavy atom. The molecular weight excluding hydrogens is 215 g/mol. The third-order valence-electron chi connectivity index (χ3n) is 0.822. The molecule has 0 fully saturated rings. The van der Waals surface area contributed by atoms with E-state index < -0.39 is 23.4 Å². The molecule has 0 radical (unpaired) electrons. The molecule has 0 bridgehead atoms. The van der Waals surface area contributed by atoms with Crippen LogP contribution in [0.3, 0.4) is 0 Å². The SMILES string of the molecule is CC(C)(C)/[N]=[Zr]/[NH]C(C)(C)C. The van der Waals surface area contributed by atoms with Crippen molar-refractivity contribution in [2.45, 2.75) is 52.6 Å². The molecule has 0 spiro atoms. The molecule has 1 N–H and O–H groups in total. The fourth-order valence-corrected chi connectivity index (χ4v) is 2.15. The molecule has 0 amide bonds. The molecule has 0 aliphatic carbocycles. The van der Waals surface area contributed by atoms with Crippen molar-refractivity contribution >= 4 is 0 Å². The summed E-state index contributed by atoms with van der Waals surface area (Å²) >= 11 is -0.683. The van der Waals surface area contributed by atoms with Crippen LogP contribution in [0.25, 0.3) is 0 Å². The van der Waals surface area contributed by atoms with E-state index in [2.05, 4.69) is 47.7 Å². The molecule has 0 atom stereocenters. The van der Waals surface area contributed by atoms with Gasteiger partial charge in [0.25, 0.3) is 0 Å². The second-order valence-corrected chi connectivity index (χ2v) is 6.48.